The fourth-order valence-electron chi connectivity index (χ4n) is 3.61. The Hall–Kier alpha value is -5.02. The normalized spacial score (nSPS) is 11.1. The molecule has 0 saturated carbocycles. The summed E-state index contributed by atoms with van der Waals surface area (Å²) >= 11 is 3.34. The molecule has 4 aromatic rings. The maximum Gasteiger partial charge on any atom is 0.343 e. The molecule has 0 heterocycles. The number of anilines is 1. The maximum atomic E-state index is 13.0. The Morgan fingerprint density at radius 1 is 0.805 bits per heavy atom. The highest BCUT2D eigenvalue weighted by Crippen LogP contribution is 2.17. The summed E-state index contributed by atoms with van der Waals surface area (Å²) in [5.41, 5.74) is 5.71. The zero-order chi connectivity index (χ0) is 29.2. The molecular weight excluding hydrogens is 584 g/mol. The van der Waals surface area contributed by atoms with Gasteiger partial charge >= 0.3 is 5.97 Å². The van der Waals surface area contributed by atoms with E-state index in [1.807, 2.05) is 49.3 Å². The highest BCUT2D eigenvalue weighted by atomic mass is 79.9. The number of benzene rings is 4. The number of carbonyl (C=O) groups excluding carboxylic acids is 3. The van der Waals surface area contributed by atoms with Crippen molar-refractivity contribution >= 4 is 51.7 Å². The molecule has 2 amide bonds. The number of rotatable bonds is 9. The third-order valence-corrected chi connectivity index (χ3v) is 6.27. The van der Waals surface area contributed by atoms with Crippen LogP contribution in [-0.2, 0) is 4.79 Å². The molecule has 0 aliphatic heterocycles. The first kappa shape index (κ1) is 29.0. The van der Waals surface area contributed by atoms with Crippen LogP contribution in [0.15, 0.2) is 118 Å². The van der Waals surface area contributed by atoms with Gasteiger partial charge < -0.3 is 15.0 Å². The van der Waals surface area contributed by atoms with E-state index < -0.39 is 17.8 Å². The Morgan fingerprint density at radius 3 is 2.12 bits per heavy atom. The highest BCUT2D eigenvalue weighted by molar-refractivity contribution is 9.10. The second-order valence-electron chi connectivity index (χ2n) is 9.03. The van der Waals surface area contributed by atoms with E-state index in [1.165, 1.54) is 6.21 Å². The number of carbonyl (C=O) groups is 3. The van der Waals surface area contributed by atoms with Gasteiger partial charge in [0.25, 0.3) is 11.8 Å². The van der Waals surface area contributed by atoms with Gasteiger partial charge in [0.2, 0.25) is 0 Å². The van der Waals surface area contributed by atoms with Crippen molar-refractivity contribution in [3.8, 4) is 5.75 Å². The van der Waals surface area contributed by atoms with Gasteiger partial charge in [-0.3, -0.25) is 9.59 Å². The number of hydrogen-bond acceptors (Lipinski definition) is 6. The summed E-state index contributed by atoms with van der Waals surface area (Å²) in [6.07, 6.45) is 3.03. The third-order valence-electron chi connectivity index (χ3n) is 5.78. The number of amides is 2. The van der Waals surface area contributed by atoms with Gasteiger partial charge in [-0.15, -0.1) is 0 Å². The molecule has 4 aromatic carbocycles. The van der Waals surface area contributed by atoms with Gasteiger partial charge in [-0.05, 0) is 83.9 Å². The predicted molar refractivity (Wildman–Crippen MR) is 164 cm³/mol. The van der Waals surface area contributed by atoms with Crippen LogP contribution in [0.5, 0.6) is 5.75 Å². The monoisotopic (exact) mass is 610 g/mol. The number of esters is 1. The topological polar surface area (TPSA) is 100 Å². The van der Waals surface area contributed by atoms with Gasteiger partial charge in [-0.25, -0.2) is 10.2 Å². The van der Waals surface area contributed by atoms with Crippen LogP contribution in [-0.4, -0.2) is 38.1 Å². The summed E-state index contributed by atoms with van der Waals surface area (Å²) < 4.78 is 6.19. The first-order valence-electron chi connectivity index (χ1n) is 12.6. The van der Waals surface area contributed by atoms with Crippen molar-refractivity contribution in [1.82, 2.24) is 10.7 Å². The van der Waals surface area contributed by atoms with Gasteiger partial charge in [-0.2, -0.15) is 5.10 Å². The SMILES string of the molecule is CN(C)c1ccc(/C=C(\NC(=O)c2ccccc2)C(=O)N/N=C/c2ccc(OC(=O)c3cccc(Br)c3)cc2)cc1. The predicted octanol–water partition coefficient (Wildman–Crippen LogP) is 5.66. The van der Waals surface area contributed by atoms with Crippen molar-refractivity contribution in [2.75, 3.05) is 19.0 Å². The van der Waals surface area contributed by atoms with E-state index in [1.54, 1.807) is 78.9 Å². The Bertz CT molecular complexity index is 1580. The molecule has 4 rings (SSSR count). The third kappa shape index (κ3) is 8.48. The molecule has 0 spiro atoms. The minimum atomic E-state index is -0.596. The number of hydrazone groups is 1. The van der Waals surface area contributed by atoms with Crippen LogP contribution in [0.25, 0.3) is 6.08 Å². The largest absolute Gasteiger partial charge is 0.423 e. The molecule has 0 saturated heterocycles. The summed E-state index contributed by atoms with van der Waals surface area (Å²) in [6, 6.07) is 29.7. The van der Waals surface area contributed by atoms with Crippen LogP contribution in [0.4, 0.5) is 5.69 Å². The van der Waals surface area contributed by atoms with Crippen molar-refractivity contribution in [3.63, 3.8) is 0 Å². The minimum Gasteiger partial charge on any atom is -0.423 e. The van der Waals surface area contributed by atoms with Gasteiger partial charge in [0, 0.05) is 29.8 Å². The first-order chi connectivity index (χ1) is 19.8. The molecule has 0 bridgehead atoms. The first-order valence-corrected chi connectivity index (χ1v) is 13.3. The fourth-order valence-corrected chi connectivity index (χ4v) is 4.01. The van der Waals surface area contributed by atoms with Crippen molar-refractivity contribution in [2.45, 2.75) is 0 Å². The van der Waals surface area contributed by atoms with E-state index in [0.29, 0.717) is 22.4 Å². The number of nitrogens with one attached hydrogen (secondary N) is 2. The molecule has 41 heavy (non-hydrogen) atoms. The Morgan fingerprint density at radius 2 is 1.46 bits per heavy atom. The van der Waals surface area contributed by atoms with Crippen LogP contribution < -0.4 is 20.4 Å². The zero-order valence-electron chi connectivity index (χ0n) is 22.4. The summed E-state index contributed by atoms with van der Waals surface area (Å²) in [5.74, 6) is -1.13. The maximum absolute atomic E-state index is 13.0. The lowest BCUT2D eigenvalue weighted by Crippen LogP contribution is -2.32. The van der Waals surface area contributed by atoms with Gasteiger partial charge in [0.15, 0.2) is 0 Å². The average molecular weight is 611 g/mol. The summed E-state index contributed by atoms with van der Waals surface area (Å²) in [4.78, 5) is 40.1. The van der Waals surface area contributed by atoms with Gasteiger partial charge in [0.1, 0.15) is 11.4 Å². The lowest BCUT2D eigenvalue weighted by Gasteiger charge is -2.12. The fraction of sp³-hybridized carbons (Fsp3) is 0.0625. The molecule has 0 atom stereocenters. The van der Waals surface area contributed by atoms with E-state index >= 15 is 0 Å². The van der Waals surface area contributed by atoms with Crippen LogP contribution in [0, 0.1) is 0 Å². The Kier molecular flexibility index (Phi) is 9.80. The number of hydrogen-bond donors (Lipinski definition) is 2. The molecular formula is C32H27BrN4O4. The van der Waals surface area contributed by atoms with E-state index in [0.717, 1.165) is 15.7 Å². The number of halogens is 1. The smallest absolute Gasteiger partial charge is 0.343 e. The zero-order valence-corrected chi connectivity index (χ0v) is 24.0. The molecule has 0 radical (unpaired) electrons. The van der Waals surface area contributed by atoms with Crippen LogP contribution in [0.1, 0.15) is 31.8 Å². The van der Waals surface area contributed by atoms with Crippen molar-refractivity contribution in [2.24, 2.45) is 5.10 Å². The van der Waals surface area contributed by atoms with Crippen LogP contribution >= 0.6 is 15.9 Å². The molecule has 206 valence electrons. The molecule has 2 N–H and O–H groups in total. The van der Waals surface area contributed by atoms with Crippen molar-refractivity contribution in [3.05, 3.63) is 136 Å². The second kappa shape index (κ2) is 13.9. The van der Waals surface area contributed by atoms with Crippen LogP contribution in [0.2, 0.25) is 0 Å². The average Bonchev–Trinajstić information content (AvgIpc) is 2.98. The van der Waals surface area contributed by atoms with E-state index in [2.05, 4.69) is 31.8 Å². The van der Waals surface area contributed by atoms with Gasteiger partial charge in [-0.1, -0.05) is 52.3 Å². The molecule has 0 aliphatic rings. The lowest BCUT2D eigenvalue weighted by molar-refractivity contribution is -0.117. The Balaban J connectivity index is 1.43. The Labute approximate surface area is 246 Å². The highest BCUT2D eigenvalue weighted by Gasteiger charge is 2.14. The molecule has 0 aromatic heterocycles. The molecule has 0 fully saturated rings. The molecule has 0 aliphatic carbocycles. The van der Waals surface area contributed by atoms with Crippen molar-refractivity contribution in [1.29, 1.82) is 0 Å². The summed E-state index contributed by atoms with van der Waals surface area (Å²) in [6.45, 7) is 0. The van der Waals surface area contributed by atoms with E-state index in [-0.39, 0.29) is 5.70 Å². The molecule has 9 heteroatoms. The minimum absolute atomic E-state index is 0.0309. The standard InChI is InChI=1S/C32H27BrN4O4/c1-37(2)27-15-11-22(12-16-27)19-29(35-30(38)24-7-4-3-5-8-24)31(39)36-34-21-23-13-17-28(18-14-23)41-32(40)25-9-6-10-26(33)20-25/h3-21H,1-2H3,(H,35,38)(H,36,39)/b29-19-,34-21+. The quantitative estimate of drug-likeness (QED) is 0.0838. The molecule has 8 nitrogen and oxygen atoms in total. The second-order valence-corrected chi connectivity index (χ2v) is 9.95. The summed E-state index contributed by atoms with van der Waals surface area (Å²) in [5, 5.41) is 6.72. The number of nitrogens with zero attached hydrogens (tertiary/aromatic N) is 2. The number of ether oxygens (including phenoxy) is 1. The summed E-state index contributed by atoms with van der Waals surface area (Å²) in [7, 11) is 3.87. The van der Waals surface area contributed by atoms with E-state index in [4.69, 9.17) is 4.74 Å². The lowest BCUT2D eigenvalue weighted by atomic mass is 10.1. The van der Waals surface area contributed by atoms with E-state index in [9.17, 15) is 14.4 Å². The van der Waals surface area contributed by atoms with Crippen molar-refractivity contribution < 1.29 is 19.1 Å². The van der Waals surface area contributed by atoms with Crippen LogP contribution in [0.3, 0.4) is 0 Å². The van der Waals surface area contributed by atoms with Gasteiger partial charge in [0.05, 0.1) is 11.8 Å². The molecule has 0 unspecified atom stereocenters.